The first-order valence-corrected chi connectivity index (χ1v) is 9.65. The van der Waals surface area contributed by atoms with E-state index < -0.39 is 12.0 Å². The molecule has 154 valence electrons. The Morgan fingerprint density at radius 3 is 2.38 bits per heavy atom. The number of hydrogen-bond acceptors (Lipinski definition) is 5. The summed E-state index contributed by atoms with van der Waals surface area (Å²) in [4.78, 5) is 2.39. The van der Waals surface area contributed by atoms with E-state index in [0.29, 0.717) is 11.4 Å². The van der Waals surface area contributed by atoms with Crippen LogP contribution in [0.4, 0.5) is 19.0 Å². The van der Waals surface area contributed by atoms with E-state index in [2.05, 4.69) is 37.6 Å². The Balaban J connectivity index is 1.48. The summed E-state index contributed by atoms with van der Waals surface area (Å²) in [7, 11) is 0. The topological polar surface area (TPSA) is 58.4 Å². The van der Waals surface area contributed by atoms with E-state index in [1.165, 1.54) is 5.56 Å². The molecule has 0 saturated carbocycles. The van der Waals surface area contributed by atoms with Crippen molar-refractivity contribution in [3.63, 3.8) is 0 Å². The zero-order valence-electron chi connectivity index (χ0n) is 16.4. The highest BCUT2D eigenvalue weighted by Gasteiger charge is 2.38. The highest BCUT2D eigenvalue weighted by molar-refractivity contribution is 5.58. The molecule has 6 nitrogen and oxygen atoms in total. The first-order valence-electron chi connectivity index (χ1n) is 9.65. The molecule has 0 unspecified atom stereocenters. The number of benzene rings is 1. The molecule has 3 heterocycles. The Kier molecular flexibility index (Phi) is 5.16. The predicted octanol–water partition coefficient (Wildman–Crippen LogP) is 3.84. The Morgan fingerprint density at radius 2 is 1.72 bits per heavy atom. The summed E-state index contributed by atoms with van der Waals surface area (Å²) in [6.07, 6.45) is -2.80. The number of likely N-dealkylation sites (tertiary alicyclic amines) is 1. The first kappa shape index (κ1) is 19.6. The number of nitrogens with zero attached hydrogens (tertiary/aromatic N) is 5. The van der Waals surface area contributed by atoms with Crippen molar-refractivity contribution in [2.24, 2.45) is 0 Å². The van der Waals surface area contributed by atoms with Crippen molar-refractivity contribution in [3.05, 3.63) is 52.8 Å². The van der Waals surface area contributed by atoms with Crippen LogP contribution in [0.3, 0.4) is 0 Å². The number of halogens is 3. The molecular formula is C20H23F3N6. The monoisotopic (exact) mass is 404 g/mol. The lowest BCUT2D eigenvalue weighted by Crippen LogP contribution is -2.39. The van der Waals surface area contributed by atoms with Gasteiger partial charge in [0.15, 0.2) is 11.5 Å². The third kappa shape index (κ3) is 4.05. The second kappa shape index (κ2) is 7.62. The van der Waals surface area contributed by atoms with Gasteiger partial charge in [-0.1, -0.05) is 30.3 Å². The van der Waals surface area contributed by atoms with Crippen LogP contribution in [-0.2, 0) is 12.7 Å². The van der Waals surface area contributed by atoms with Crippen molar-refractivity contribution >= 4 is 11.5 Å². The van der Waals surface area contributed by atoms with Gasteiger partial charge in [-0.05, 0) is 37.8 Å². The van der Waals surface area contributed by atoms with Crippen LogP contribution >= 0.6 is 0 Å². The fourth-order valence-corrected chi connectivity index (χ4v) is 3.71. The van der Waals surface area contributed by atoms with Crippen LogP contribution in [0, 0.1) is 13.8 Å². The molecule has 0 atom stereocenters. The van der Waals surface area contributed by atoms with Gasteiger partial charge in [0, 0.05) is 31.2 Å². The number of aromatic nitrogens is 4. The minimum absolute atomic E-state index is 0.137. The Bertz CT molecular complexity index is 991. The molecular weight excluding hydrogens is 381 g/mol. The molecule has 0 aliphatic carbocycles. The van der Waals surface area contributed by atoms with E-state index in [9.17, 15) is 13.2 Å². The highest BCUT2D eigenvalue weighted by atomic mass is 19.4. The minimum Gasteiger partial charge on any atom is -0.366 e. The Hall–Kier alpha value is -2.68. The van der Waals surface area contributed by atoms with Gasteiger partial charge < -0.3 is 5.32 Å². The molecule has 1 N–H and O–H groups in total. The molecule has 4 rings (SSSR count). The third-order valence-electron chi connectivity index (χ3n) is 5.52. The van der Waals surface area contributed by atoms with Gasteiger partial charge in [0.05, 0.1) is 0 Å². The normalized spacial score (nSPS) is 16.4. The van der Waals surface area contributed by atoms with Crippen molar-refractivity contribution in [2.45, 2.75) is 45.5 Å². The van der Waals surface area contributed by atoms with Crippen LogP contribution in [0.5, 0.6) is 0 Å². The Morgan fingerprint density at radius 1 is 1.03 bits per heavy atom. The van der Waals surface area contributed by atoms with Gasteiger partial charge in [-0.3, -0.25) is 4.90 Å². The SMILES string of the molecule is Cc1c(NC2CCN(Cc3ccccc3)CC2)nn2c(C(F)(F)F)nnc2c1C. The standard InChI is InChI=1S/C20H23F3N6/c1-13-14(2)18-25-26-19(20(21,22)23)29(18)27-17(13)24-16-8-10-28(11-9-16)12-15-6-4-3-5-7-15/h3-7,16H,8-12H2,1-2H3,(H,24,27). The molecule has 3 aromatic rings. The van der Waals surface area contributed by atoms with E-state index in [0.717, 1.165) is 42.6 Å². The summed E-state index contributed by atoms with van der Waals surface area (Å²) in [6.45, 7) is 6.35. The number of anilines is 1. The molecule has 0 bridgehead atoms. The average Bonchev–Trinajstić information content (AvgIpc) is 3.13. The second-order valence-corrected chi connectivity index (χ2v) is 7.54. The van der Waals surface area contributed by atoms with Gasteiger partial charge in [-0.25, -0.2) is 0 Å². The molecule has 0 radical (unpaired) electrons. The van der Waals surface area contributed by atoms with Gasteiger partial charge in [0.2, 0.25) is 0 Å². The number of hydrogen-bond donors (Lipinski definition) is 1. The zero-order valence-corrected chi connectivity index (χ0v) is 16.4. The largest absolute Gasteiger partial charge is 0.453 e. The lowest BCUT2D eigenvalue weighted by Gasteiger charge is -2.33. The lowest BCUT2D eigenvalue weighted by atomic mass is 10.0. The summed E-state index contributed by atoms with van der Waals surface area (Å²) in [5.74, 6) is -0.641. The van der Waals surface area contributed by atoms with E-state index in [1.807, 2.05) is 25.1 Å². The molecule has 29 heavy (non-hydrogen) atoms. The maximum atomic E-state index is 13.2. The number of alkyl halides is 3. The maximum Gasteiger partial charge on any atom is 0.453 e. The molecule has 0 spiro atoms. The fraction of sp³-hybridized carbons (Fsp3) is 0.450. The van der Waals surface area contributed by atoms with Gasteiger partial charge in [-0.2, -0.15) is 17.7 Å². The van der Waals surface area contributed by atoms with Crippen LogP contribution in [0.25, 0.3) is 5.65 Å². The predicted molar refractivity (Wildman–Crippen MR) is 104 cm³/mol. The highest BCUT2D eigenvalue weighted by Crippen LogP contribution is 2.30. The molecule has 2 aromatic heterocycles. The third-order valence-corrected chi connectivity index (χ3v) is 5.52. The molecule has 9 heteroatoms. The van der Waals surface area contributed by atoms with Gasteiger partial charge >= 0.3 is 6.18 Å². The van der Waals surface area contributed by atoms with Crippen LogP contribution in [0.2, 0.25) is 0 Å². The molecule has 1 aliphatic heterocycles. The number of fused-ring (bicyclic) bond motifs is 1. The van der Waals surface area contributed by atoms with Gasteiger partial charge in [0.1, 0.15) is 0 Å². The number of nitrogens with one attached hydrogen (secondary N) is 1. The summed E-state index contributed by atoms with van der Waals surface area (Å²) >= 11 is 0. The number of aryl methyl sites for hydroxylation is 1. The Labute approximate surface area is 166 Å². The minimum atomic E-state index is -4.60. The van der Waals surface area contributed by atoms with Crippen molar-refractivity contribution in [3.8, 4) is 0 Å². The van der Waals surface area contributed by atoms with E-state index in [4.69, 9.17) is 0 Å². The van der Waals surface area contributed by atoms with Gasteiger partial charge in [-0.15, -0.1) is 15.3 Å². The number of piperidine rings is 1. The van der Waals surface area contributed by atoms with Gasteiger partial charge in [0.25, 0.3) is 5.82 Å². The summed E-state index contributed by atoms with van der Waals surface area (Å²) in [6, 6.07) is 10.5. The van der Waals surface area contributed by atoms with Crippen molar-refractivity contribution < 1.29 is 13.2 Å². The van der Waals surface area contributed by atoms with Crippen molar-refractivity contribution in [2.75, 3.05) is 18.4 Å². The van der Waals surface area contributed by atoms with Crippen molar-refractivity contribution in [1.29, 1.82) is 0 Å². The molecule has 1 aliphatic rings. The average molecular weight is 404 g/mol. The fourth-order valence-electron chi connectivity index (χ4n) is 3.71. The van der Waals surface area contributed by atoms with E-state index in [1.54, 1.807) is 6.92 Å². The van der Waals surface area contributed by atoms with Crippen LogP contribution in [0.15, 0.2) is 30.3 Å². The summed E-state index contributed by atoms with van der Waals surface area (Å²) in [5.41, 5.74) is 2.86. The molecule has 1 saturated heterocycles. The van der Waals surface area contributed by atoms with Crippen molar-refractivity contribution in [1.82, 2.24) is 24.7 Å². The van der Waals surface area contributed by atoms with E-state index in [-0.39, 0.29) is 11.7 Å². The molecule has 1 aromatic carbocycles. The quantitative estimate of drug-likeness (QED) is 0.716. The summed E-state index contributed by atoms with van der Waals surface area (Å²) in [5, 5.41) is 14.5. The summed E-state index contributed by atoms with van der Waals surface area (Å²) < 4.78 is 40.4. The molecule has 1 fully saturated rings. The van der Waals surface area contributed by atoms with Crippen LogP contribution in [0.1, 0.15) is 35.4 Å². The van der Waals surface area contributed by atoms with E-state index >= 15 is 0 Å². The maximum absolute atomic E-state index is 13.2. The van der Waals surface area contributed by atoms with Crippen LogP contribution in [-0.4, -0.2) is 43.8 Å². The van der Waals surface area contributed by atoms with Crippen LogP contribution < -0.4 is 5.32 Å². The first-order chi connectivity index (χ1) is 13.8. The zero-order chi connectivity index (χ0) is 20.6. The smallest absolute Gasteiger partial charge is 0.366 e. The lowest BCUT2D eigenvalue weighted by molar-refractivity contribution is -0.146. The number of rotatable bonds is 4. The molecule has 0 amide bonds. The second-order valence-electron chi connectivity index (χ2n) is 7.54.